The highest BCUT2D eigenvalue weighted by Gasteiger charge is 2.25. The van der Waals surface area contributed by atoms with Crippen LogP contribution in [0.1, 0.15) is 40.9 Å². The number of piperazine rings is 1. The van der Waals surface area contributed by atoms with Gasteiger partial charge in [0.2, 0.25) is 5.91 Å². The highest BCUT2D eigenvalue weighted by atomic mass is 16.2. The Morgan fingerprint density at radius 2 is 1.84 bits per heavy atom. The van der Waals surface area contributed by atoms with Gasteiger partial charge in [0, 0.05) is 49.4 Å². The van der Waals surface area contributed by atoms with Crippen molar-refractivity contribution in [3.8, 4) is 0 Å². The molecule has 2 aromatic rings. The number of carbonyl (C=O) groups is 3. The Labute approximate surface area is 180 Å². The maximum Gasteiger partial charge on any atom is 0.254 e. The van der Waals surface area contributed by atoms with E-state index in [0.717, 1.165) is 23.1 Å². The van der Waals surface area contributed by atoms with Gasteiger partial charge in [-0.25, -0.2) is 0 Å². The van der Waals surface area contributed by atoms with Crippen LogP contribution in [-0.2, 0) is 9.59 Å². The van der Waals surface area contributed by atoms with Crippen LogP contribution in [0.15, 0.2) is 53.6 Å². The van der Waals surface area contributed by atoms with E-state index in [1.165, 1.54) is 0 Å². The summed E-state index contributed by atoms with van der Waals surface area (Å²) in [5.41, 5.74) is 5.84. The average Bonchev–Trinajstić information content (AvgIpc) is 2.83. The van der Waals surface area contributed by atoms with Crippen molar-refractivity contribution in [2.24, 2.45) is 5.10 Å². The van der Waals surface area contributed by atoms with Gasteiger partial charge in [0.1, 0.15) is 12.3 Å². The molecule has 0 radical (unpaired) electrons. The van der Waals surface area contributed by atoms with Crippen molar-refractivity contribution in [1.29, 1.82) is 0 Å². The van der Waals surface area contributed by atoms with Gasteiger partial charge in [0.05, 0.1) is 0 Å². The summed E-state index contributed by atoms with van der Waals surface area (Å²) >= 11 is 0. The van der Waals surface area contributed by atoms with E-state index in [9.17, 15) is 14.4 Å². The molecule has 31 heavy (non-hydrogen) atoms. The predicted molar refractivity (Wildman–Crippen MR) is 118 cm³/mol. The molecule has 160 valence electrons. The van der Waals surface area contributed by atoms with Crippen molar-refractivity contribution in [1.82, 2.24) is 15.2 Å². The molecule has 2 aliphatic heterocycles. The quantitative estimate of drug-likeness (QED) is 0.740. The van der Waals surface area contributed by atoms with Crippen molar-refractivity contribution >= 4 is 29.6 Å². The standard InChI is InChI=1S/C23H25N5O3/c1-2-21(30)27-10-12-28(13-11-27)23(31)16-6-5-7-17(14-16)24-22-19-9-4-3-8-18(19)20(15-29)25-26-22/h3-9,14-15,20,25H,2,10-13H2,1H3,(H,24,26). The first kappa shape index (κ1) is 20.6. The first-order valence-corrected chi connectivity index (χ1v) is 10.4. The van der Waals surface area contributed by atoms with Gasteiger partial charge in [0.25, 0.3) is 5.91 Å². The first-order valence-electron chi connectivity index (χ1n) is 10.4. The number of carbonyl (C=O) groups excluding carboxylic acids is 3. The number of rotatable bonds is 4. The minimum absolute atomic E-state index is 0.0580. The highest BCUT2D eigenvalue weighted by Crippen LogP contribution is 2.23. The van der Waals surface area contributed by atoms with E-state index in [1.807, 2.05) is 43.3 Å². The second kappa shape index (κ2) is 8.99. The molecule has 8 nitrogen and oxygen atoms in total. The zero-order chi connectivity index (χ0) is 21.8. The molecule has 2 aromatic carbocycles. The molecule has 1 atom stereocenters. The van der Waals surface area contributed by atoms with Crippen molar-refractivity contribution < 1.29 is 14.4 Å². The summed E-state index contributed by atoms with van der Waals surface area (Å²) in [7, 11) is 0. The summed E-state index contributed by atoms with van der Waals surface area (Å²) in [6, 6.07) is 14.4. The van der Waals surface area contributed by atoms with E-state index in [2.05, 4.69) is 15.8 Å². The van der Waals surface area contributed by atoms with Crippen molar-refractivity contribution in [2.45, 2.75) is 19.4 Å². The lowest BCUT2D eigenvalue weighted by Gasteiger charge is -2.34. The monoisotopic (exact) mass is 419 g/mol. The number of benzene rings is 2. The lowest BCUT2D eigenvalue weighted by molar-refractivity contribution is -0.132. The molecule has 0 bridgehead atoms. The first-order chi connectivity index (χ1) is 15.1. The Morgan fingerprint density at radius 1 is 1.10 bits per heavy atom. The molecule has 0 saturated carbocycles. The number of nitrogens with one attached hydrogen (secondary N) is 2. The highest BCUT2D eigenvalue weighted by molar-refractivity contribution is 6.10. The lowest BCUT2D eigenvalue weighted by atomic mass is 9.99. The molecule has 0 aliphatic carbocycles. The summed E-state index contributed by atoms with van der Waals surface area (Å²) in [4.78, 5) is 39.7. The number of amidine groups is 1. The van der Waals surface area contributed by atoms with Crippen LogP contribution in [0.25, 0.3) is 0 Å². The Bertz CT molecular complexity index is 1030. The van der Waals surface area contributed by atoms with Crippen LogP contribution >= 0.6 is 0 Å². The van der Waals surface area contributed by atoms with Gasteiger partial charge in [-0.1, -0.05) is 37.3 Å². The molecule has 0 spiro atoms. The topological polar surface area (TPSA) is 94.1 Å². The number of fused-ring (bicyclic) bond motifs is 1. The van der Waals surface area contributed by atoms with Crippen LogP contribution in [0.2, 0.25) is 0 Å². The molecule has 4 rings (SSSR count). The summed E-state index contributed by atoms with van der Waals surface area (Å²) in [5, 5.41) is 7.56. The Kier molecular flexibility index (Phi) is 5.97. The Hall–Kier alpha value is -3.68. The van der Waals surface area contributed by atoms with Crippen LogP contribution in [0, 0.1) is 0 Å². The molecule has 2 N–H and O–H groups in total. The minimum Gasteiger partial charge on any atom is -0.339 e. The van der Waals surface area contributed by atoms with E-state index in [0.29, 0.717) is 44.0 Å². The lowest BCUT2D eigenvalue weighted by Crippen LogP contribution is -2.50. The number of nitrogens with zero attached hydrogens (tertiary/aromatic N) is 3. The number of anilines is 1. The Morgan fingerprint density at radius 3 is 2.58 bits per heavy atom. The third-order valence-electron chi connectivity index (χ3n) is 5.60. The van der Waals surface area contributed by atoms with Crippen molar-refractivity contribution in [2.75, 3.05) is 31.5 Å². The molecule has 1 saturated heterocycles. The maximum absolute atomic E-state index is 13.0. The summed E-state index contributed by atoms with van der Waals surface area (Å²) in [6.07, 6.45) is 1.31. The third-order valence-corrected chi connectivity index (χ3v) is 5.60. The minimum atomic E-state index is -0.479. The van der Waals surface area contributed by atoms with Crippen LogP contribution in [0.3, 0.4) is 0 Å². The third kappa shape index (κ3) is 4.28. The molecular weight excluding hydrogens is 394 g/mol. The van der Waals surface area contributed by atoms with Gasteiger partial charge in [-0.05, 0) is 23.8 Å². The summed E-state index contributed by atoms with van der Waals surface area (Å²) in [6.45, 7) is 4.03. The number of hydrogen-bond acceptors (Lipinski definition) is 6. The largest absolute Gasteiger partial charge is 0.339 e. The molecule has 0 aromatic heterocycles. The Balaban J connectivity index is 1.47. The normalized spacial score (nSPS) is 17.8. The summed E-state index contributed by atoms with van der Waals surface area (Å²) in [5.74, 6) is 0.652. The number of aldehydes is 1. The fourth-order valence-corrected chi connectivity index (χ4v) is 3.88. The predicted octanol–water partition coefficient (Wildman–Crippen LogP) is 2.00. The van der Waals surface area contributed by atoms with E-state index in [4.69, 9.17) is 0 Å². The van der Waals surface area contributed by atoms with Crippen molar-refractivity contribution in [3.05, 3.63) is 65.2 Å². The van der Waals surface area contributed by atoms with Crippen LogP contribution in [-0.4, -0.2) is 59.9 Å². The fraction of sp³-hybridized carbons (Fsp3) is 0.304. The van der Waals surface area contributed by atoms with E-state index in [1.54, 1.807) is 21.9 Å². The maximum atomic E-state index is 13.0. The van der Waals surface area contributed by atoms with Gasteiger partial charge in [-0.3, -0.25) is 15.0 Å². The zero-order valence-electron chi connectivity index (χ0n) is 17.4. The van der Waals surface area contributed by atoms with Crippen LogP contribution in [0.5, 0.6) is 0 Å². The molecule has 1 fully saturated rings. The van der Waals surface area contributed by atoms with Gasteiger partial charge < -0.3 is 19.9 Å². The van der Waals surface area contributed by atoms with Gasteiger partial charge in [-0.15, -0.1) is 0 Å². The SMILES string of the molecule is CCC(=O)N1CCN(C(=O)c2cccc(NC3=NNC(C=O)c4ccccc43)c2)CC1. The van der Waals surface area contributed by atoms with E-state index >= 15 is 0 Å². The van der Waals surface area contributed by atoms with Gasteiger partial charge in [0.15, 0.2) is 5.84 Å². The van der Waals surface area contributed by atoms with Crippen LogP contribution < -0.4 is 10.7 Å². The van der Waals surface area contributed by atoms with E-state index in [-0.39, 0.29) is 11.8 Å². The number of hydrazone groups is 1. The number of amides is 2. The second-order valence-corrected chi connectivity index (χ2v) is 7.52. The van der Waals surface area contributed by atoms with Crippen molar-refractivity contribution in [3.63, 3.8) is 0 Å². The van der Waals surface area contributed by atoms with Gasteiger partial charge in [-0.2, -0.15) is 5.10 Å². The summed E-state index contributed by atoms with van der Waals surface area (Å²) < 4.78 is 0. The smallest absolute Gasteiger partial charge is 0.254 e. The number of hydrogen-bond donors (Lipinski definition) is 2. The van der Waals surface area contributed by atoms with E-state index < -0.39 is 6.04 Å². The second-order valence-electron chi connectivity index (χ2n) is 7.52. The molecule has 2 aliphatic rings. The fourth-order valence-electron chi connectivity index (χ4n) is 3.88. The molecule has 2 heterocycles. The van der Waals surface area contributed by atoms with Crippen LogP contribution in [0.4, 0.5) is 5.69 Å². The molecular formula is C23H25N5O3. The molecule has 8 heteroatoms. The average molecular weight is 419 g/mol. The molecule has 2 amide bonds. The van der Waals surface area contributed by atoms with Gasteiger partial charge >= 0.3 is 0 Å². The zero-order valence-corrected chi connectivity index (χ0v) is 17.4. The molecule has 1 unspecified atom stereocenters.